The van der Waals surface area contributed by atoms with E-state index in [9.17, 15) is 4.79 Å². The van der Waals surface area contributed by atoms with E-state index in [-0.39, 0.29) is 11.4 Å². The van der Waals surface area contributed by atoms with Gasteiger partial charge in [0, 0.05) is 17.8 Å². The third kappa shape index (κ3) is 7.15. The lowest BCUT2D eigenvalue weighted by Crippen LogP contribution is -2.29. The van der Waals surface area contributed by atoms with Crippen molar-refractivity contribution in [2.75, 3.05) is 19.7 Å². The van der Waals surface area contributed by atoms with Gasteiger partial charge in [-0.25, -0.2) is 4.79 Å². The molecule has 0 aromatic carbocycles. The van der Waals surface area contributed by atoms with E-state index in [1.807, 2.05) is 0 Å². The zero-order valence-electron chi connectivity index (χ0n) is 12.5. The summed E-state index contributed by atoms with van der Waals surface area (Å²) in [5.74, 6) is -0.326. The van der Waals surface area contributed by atoms with E-state index in [4.69, 9.17) is 4.74 Å². The molecule has 0 saturated carbocycles. The number of hydrogen-bond donors (Lipinski definition) is 0. The highest BCUT2D eigenvalue weighted by Crippen LogP contribution is 2.24. The van der Waals surface area contributed by atoms with Crippen LogP contribution in [0.4, 0.5) is 0 Å². The molecule has 0 aromatic heterocycles. The summed E-state index contributed by atoms with van der Waals surface area (Å²) in [5.41, 5.74) is 1.75. The minimum atomic E-state index is -0.326. The Kier molecular flexibility index (Phi) is 6.74. The number of rotatable bonds is 7. The fourth-order valence-corrected chi connectivity index (χ4v) is 1.64. The van der Waals surface area contributed by atoms with Crippen molar-refractivity contribution >= 4 is 5.97 Å². The van der Waals surface area contributed by atoms with Crippen LogP contribution in [-0.4, -0.2) is 30.6 Å². The van der Waals surface area contributed by atoms with Crippen molar-refractivity contribution in [3.63, 3.8) is 0 Å². The Labute approximate surface area is 112 Å². The van der Waals surface area contributed by atoms with Gasteiger partial charge in [0.05, 0.1) is 6.54 Å². The van der Waals surface area contributed by atoms with Gasteiger partial charge < -0.3 is 9.64 Å². The second-order valence-electron chi connectivity index (χ2n) is 5.80. The molecule has 0 aliphatic rings. The molecule has 0 heterocycles. The molecule has 0 N–H and O–H groups in total. The predicted molar refractivity (Wildman–Crippen MR) is 76.2 cm³/mol. The highest BCUT2D eigenvalue weighted by Gasteiger charge is 2.16. The van der Waals surface area contributed by atoms with Crippen molar-refractivity contribution in [2.45, 2.75) is 41.0 Å². The number of allylic oxidation sites excluding steroid dienone is 1. The second kappa shape index (κ2) is 7.24. The molecule has 0 spiro atoms. The summed E-state index contributed by atoms with van der Waals surface area (Å²) >= 11 is 0. The zero-order valence-corrected chi connectivity index (χ0v) is 12.5. The van der Waals surface area contributed by atoms with Crippen molar-refractivity contribution in [1.82, 2.24) is 4.90 Å². The van der Waals surface area contributed by atoms with Crippen LogP contribution < -0.4 is 0 Å². The van der Waals surface area contributed by atoms with E-state index in [1.54, 1.807) is 6.92 Å². The van der Waals surface area contributed by atoms with E-state index < -0.39 is 0 Å². The van der Waals surface area contributed by atoms with Crippen LogP contribution in [0.2, 0.25) is 0 Å². The molecule has 3 heteroatoms. The minimum absolute atomic E-state index is 0.221. The van der Waals surface area contributed by atoms with E-state index in [2.05, 4.69) is 45.8 Å². The SMILES string of the molecule is C=C(C)C(=O)OCCN(CC)C(=C)CC(C)(C)C. The van der Waals surface area contributed by atoms with Crippen LogP contribution in [0.25, 0.3) is 0 Å². The molecular weight excluding hydrogens is 226 g/mol. The van der Waals surface area contributed by atoms with Gasteiger partial charge in [0.1, 0.15) is 6.61 Å². The third-order valence-electron chi connectivity index (χ3n) is 2.51. The predicted octanol–water partition coefficient (Wildman–Crippen LogP) is 3.38. The van der Waals surface area contributed by atoms with E-state index in [1.165, 1.54) is 0 Å². The molecule has 0 rings (SSSR count). The number of likely N-dealkylation sites (N-methyl/N-ethyl adjacent to an activating group) is 1. The van der Waals surface area contributed by atoms with Crippen LogP contribution >= 0.6 is 0 Å². The van der Waals surface area contributed by atoms with Crippen molar-refractivity contribution in [3.8, 4) is 0 Å². The van der Waals surface area contributed by atoms with Crippen LogP contribution in [0.3, 0.4) is 0 Å². The largest absolute Gasteiger partial charge is 0.460 e. The smallest absolute Gasteiger partial charge is 0.333 e. The molecule has 104 valence electrons. The number of nitrogens with zero attached hydrogens (tertiary/aromatic N) is 1. The first-order chi connectivity index (χ1) is 8.17. The molecule has 18 heavy (non-hydrogen) atoms. The lowest BCUT2D eigenvalue weighted by molar-refractivity contribution is -0.139. The standard InChI is InChI=1S/C15H27NO2/c1-8-16(13(4)11-15(5,6)7)9-10-18-14(17)12(2)3/h2,4,8-11H2,1,3,5-7H3. The quantitative estimate of drug-likeness (QED) is 0.514. The van der Waals surface area contributed by atoms with Gasteiger partial charge in [0.2, 0.25) is 0 Å². The fourth-order valence-electron chi connectivity index (χ4n) is 1.64. The van der Waals surface area contributed by atoms with Crippen LogP contribution in [0.5, 0.6) is 0 Å². The molecule has 0 atom stereocenters. The molecule has 0 unspecified atom stereocenters. The van der Waals surface area contributed by atoms with Crippen LogP contribution in [-0.2, 0) is 9.53 Å². The molecular formula is C15H27NO2. The summed E-state index contributed by atoms with van der Waals surface area (Å²) in [6.45, 7) is 19.9. The van der Waals surface area contributed by atoms with Crippen LogP contribution in [0.1, 0.15) is 41.0 Å². The monoisotopic (exact) mass is 253 g/mol. The van der Waals surface area contributed by atoms with Crippen molar-refractivity contribution in [3.05, 3.63) is 24.4 Å². The van der Waals surface area contributed by atoms with E-state index >= 15 is 0 Å². The molecule has 0 saturated heterocycles. The Bertz CT molecular complexity index is 313. The summed E-state index contributed by atoms with van der Waals surface area (Å²) in [7, 11) is 0. The van der Waals surface area contributed by atoms with E-state index in [0.29, 0.717) is 18.7 Å². The first-order valence-corrected chi connectivity index (χ1v) is 6.42. The van der Waals surface area contributed by atoms with Gasteiger partial charge in [0.15, 0.2) is 0 Å². The topological polar surface area (TPSA) is 29.5 Å². The number of esters is 1. The highest BCUT2D eigenvalue weighted by atomic mass is 16.5. The summed E-state index contributed by atoms with van der Waals surface area (Å²) in [4.78, 5) is 13.4. The lowest BCUT2D eigenvalue weighted by atomic mass is 9.90. The summed E-state index contributed by atoms with van der Waals surface area (Å²) < 4.78 is 5.09. The maximum absolute atomic E-state index is 11.2. The maximum atomic E-state index is 11.2. The Balaban J connectivity index is 4.16. The van der Waals surface area contributed by atoms with Crippen LogP contribution in [0.15, 0.2) is 24.4 Å². The van der Waals surface area contributed by atoms with E-state index in [0.717, 1.165) is 18.7 Å². The Morgan fingerprint density at radius 3 is 2.22 bits per heavy atom. The number of ether oxygens (including phenoxy) is 1. The van der Waals surface area contributed by atoms with Gasteiger partial charge in [-0.05, 0) is 25.7 Å². The van der Waals surface area contributed by atoms with Gasteiger partial charge in [-0.2, -0.15) is 0 Å². The summed E-state index contributed by atoms with van der Waals surface area (Å²) in [5, 5.41) is 0. The molecule has 0 fully saturated rings. The zero-order chi connectivity index (χ0) is 14.3. The van der Waals surface area contributed by atoms with Crippen molar-refractivity contribution < 1.29 is 9.53 Å². The summed E-state index contributed by atoms with van der Waals surface area (Å²) in [6.07, 6.45) is 0.940. The summed E-state index contributed by atoms with van der Waals surface area (Å²) in [6, 6.07) is 0. The normalized spacial score (nSPS) is 10.9. The Morgan fingerprint density at radius 2 is 1.83 bits per heavy atom. The lowest BCUT2D eigenvalue weighted by Gasteiger charge is -2.29. The minimum Gasteiger partial charge on any atom is -0.460 e. The average Bonchev–Trinajstić information content (AvgIpc) is 2.21. The average molecular weight is 253 g/mol. The van der Waals surface area contributed by atoms with Crippen molar-refractivity contribution in [2.24, 2.45) is 5.41 Å². The Hall–Kier alpha value is -1.25. The first kappa shape index (κ1) is 16.8. The number of carbonyl (C=O) groups excluding carboxylic acids is 1. The molecule has 0 aliphatic carbocycles. The maximum Gasteiger partial charge on any atom is 0.333 e. The number of carbonyl (C=O) groups is 1. The molecule has 0 amide bonds. The first-order valence-electron chi connectivity index (χ1n) is 6.42. The number of hydrogen-bond acceptors (Lipinski definition) is 3. The van der Waals surface area contributed by atoms with Gasteiger partial charge in [-0.3, -0.25) is 0 Å². The second-order valence-corrected chi connectivity index (χ2v) is 5.80. The fraction of sp³-hybridized carbons (Fsp3) is 0.667. The highest BCUT2D eigenvalue weighted by molar-refractivity contribution is 5.86. The van der Waals surface area contributed by atoms with Gasteiger partial charge in [0.25, 0.3) is 0 Å². The molecule has 0 aromatic rings. The van der Waals surface area contributed by atoms with Gasteiger partial charge in [-0.1, -0.05) is 33.9 Å². The molecule has 0 radical (unpaired) electrons. The molecule has 0 bridgehead atoms. The third-order valence-corrected chi connectivity index (χ3v) is 2.51. The van der Waals surface area contributed by atoms with Crippen LogP contribution in [0, 0.1) is 5.41 Å². The molecule has 0 aliphatic heterocycles. The Morgan fingerprint density at radius 1 is 1.28 bits per heavy atom. The van der Waals surface area contributed by atoms with Gasteiger partial charge in [-0.15, -0.1) is 0 Å². The van der Waals surface area contributed by atoms with Crippen molar-refractivity contribution in [1.29, 1.82) is 0 Å². The molecule has 3 nitrogen and oxygen atoms in total. The van der Waals surface area contributed by atoms with Gasteiger partial charge >= 0.3 is 5.97 Å².